The Morgan fingerprint density at radius 3 is 2.79 bits per heavy atom. The molecule has 0 amide bonds. The van der Waals surface area contributed by atoms with Gasteiger partial charge in [-0.1, -0.05) is 24.0 Å². The first kappa shape index (κ1) is 20.3. The molecule has 0 saturated carbocycles. The van der Waals surface area contributed by atoms with E-state index in [4.69, 9.17) is 13.2 Å². The first-order chi connectivity index (χ1) is 16.5. The number of hydrogen-bond donors (Lipinski definition) is 2. The molecule has 0 bridgehead atoms. The number of anilines is 1. The van der Waals surface area contributed by atoms with Crippen molar-refractivity contribution in [1.29, 1.82) is 0 Å². The van der Waals surface area contributed by atoms with Gasteiger partial charge in [-0.3, -0.25) is 4.68 Å². The number of aromatic nitrogens is 3. The lowest BCUT2D eigenvalue weighted by atomic mass is 10.1. The highest BCUT2D eigenvalue weighted by Crippen LogP contribution is 2.29. The van der Waals surface area contributed by atoms with E-state index in [1.807, 2.05) is 10.9 Å². The Labute approximate surface area is 198 Å². The van der Waals surface area contributed by atoms with Crippen LogP contribution in [0.25, 0.3) is 11.1 Å². The highest BCUT2D eigenvalue weighted by Gasteiger charge is 2.19. The van der Waals surface area contributed by atoms with Crippen LogP contribution in [0.1, 0.15) is 46.6 Å². The molecule has 2 aromatic heterocycles. The molecule has 7 nitrogen and oxygen atoms in total. The molecule has 172 valence electrons. The number of piperidine rings is 1. The van der Waals surface area contributed by atoms with Gasteiger partial charge in [0.2, 0.25) is 0 Å². The van der Waals surface area contributed by atoms with Gasteiger partial charge < -0.3 is 20.5 Å². The predicted molar refractivity (Wildman–Crippen MR) is 130 cm³/mol. The molecule has 3 heterocycles. The third-order valence-electron chi connectivity index (χ3n) is 5.53. The van der Waals surface area contributed by atoms with Crippen LogP contribution in [0.15, 0.2) is 48.9 Å². The standard InChI is InChI=1S/C26H31N5O2/c1-26(2,32)10-7-19-5-4-6-20(13-19)18-33-24-14-21(15-28-25(24)27)22-16-29-31(17-22)23-8-11-30(3)12-9-23/h4-6,13-17,23,32H,8-9,11-12,18H2,1-3H3,(H2,27,28)/i18D2. The van der Waals surface area contributed by atoms with Gasteiger partial charge in [0, 0.05) is 29.1 Å². The summed E-state index contributed by atoms with van der Waals surface area (Å²) in [7, 11) is 2.13. The SMILES string of the molecule is [2H]C([2H])(Oc1cc(-c2cnn(C3CCN(C)CC3)c2)cnc1N)c1cccc(C#CC(C)(C)O)c1. The summed E-state index contributed by atoms with van der Waals surface area (Å²) in [5.74, 6) is 5.84. The molecular formula is C26H31N5O2. The molecule has 1 aliphatic rings. The summed E-state index contributed by atoms with van der Waals surface area (Å²) in [6.45, 7) is 3.08. The van der Waals surface area contributed by atoms with Gasteiger partial charge in [-0.2, -0.15) is 5.10 Å². The van der Waals surface area contributed by atoms with Crippen LogP contribution in [0.2, 0.25) is 0 Å². The number of hydrogen-bond acceptors (Lipinski definition) is 6. The Hall–Kier alpha value is -3.34. The van der Waals surface area contributed by atoms with E-state index in [1.165, 1.54) is 0 Å². The van der Waals surface area contributed by atoms with E-state index in [1.54, 1.807) is 56.6 Å². The zero-order chi connectivity index (χ0) is 25.2. The third-order valence-corrected chi connectivity index (χ3v) is 5.53. The van der Waals surface area contributed by atoms with Crippen molar-refractivity contribution in [2.75, 3.05) is 25.9 Å². The van der Waals surface area contributed by atoms with Crippen LogP contribution in [-0.2, 0) is 6.56 Å². The summed E-state index contributed by atoms with van der Waals surface area (Å²) >= 11 is 0. The second kappa shape index (κ2) is 9.65. The molecule has 4 rings (SSSR count). The number of aliphatic hydroxyl groups is 1. The minimum absolute atomic E-state index is 0.0957. The minimum Gasteiger partial charge on any atom is -0.485 e. The van der Waals surface area contributed by atoms with E-state index < -0.39 is 12.2 Å². The number of ether oxygens (including phenoxy) is 1. The molecule has 0 atom stereocenters. The van der Waals surface area contributed by atoms with Crippen molar-refractivity contribution in [1.82, 2.24) is 19.7 Å². The predicted octanol–water partition coefficient (Wildman–Crippen LogP) is 3.50. The van der Waals surface area contributed by atoms with E-state index in [0.29, 0.717) is 11.6 Å². The fraction of sp³-hybridized carbons (Fsp3) is 0.385. The number of nitrogen functional groups attached to an aromatic ring is 1. The molecule has 1 aliphatic heterocycles. The normalized spacial score (nSPS) is 16.5. The summed E-state index contributed by atoms with van der Waals surface area (Å²) in [4.78, 5) is 6.55. The van der Waals surface area contributed by atoms with Gasteiger partial charge in [0.15, 0.2) is 11.6 Å². The second-order valence-corrected chi connectivity index (χ2v) is 8.94. The average molecular weight is 448 g/mol. The fourth-order valence-corrected chi connectivity index (χ4v) is 3.64. The van der Waals surface area contributed by atoms with E-state index >= 15 is 0 Å². The van der Waals surface area contributed by atoms with Crippen molar-refractivity contribution < 1.29 is 12.6 Å². The number of rotatable bonds is 5. The van der Waals surface area contributed by atoms with Crippen LogP contribution in [-0.4, -0.2) is 50.5 Å². The Balaban J connectivity index is 1.55. The van der Waals surface area contributed by atoms with E-state index in [0.717, 1.165) is 37.1 Å². The maximum Gasteiger partial charge on any atom is 0.166 e. The van der Waals surface area contributed by atoms with E-state index in [9.17, 15) is 5.11 Å². The van der Waals surface area contributed by atoms with Crippen LogP contribution >= 0.6 is 0 Å². The third kappa shape index (κ3) is 6.13. The van der Waals surface area contributed by atoms with Crippen molar-refractivity contribution in [3.05, 3.63) is 60.0 Å². The Morgan fingerprint density at radius 2 is 2.03 bits per heavy atom. The number of likely N-dealkylation sites (tertiary alicyclic amines) is 1. The summed E-state index contributed by atoms with van der Waals surface area (Å²) in [6.07, 6.45) is 7.51. The molecule has 1 fully saturated rings. The van der Waals surface area contributed by atoms with Crippen molar-refractivity contribution in [3.8, 4) is 28.7 Å². The van der Waals surface area contributed by atoms with E-state index in [2.05, 4.69) is 33.9 Å². The molecule has 0 spiro atoms. The average Bonchev–Trinajstić information content (AvgIpc) is 3.30. The van der Waals surface area contributed by atoms with Crippen molar-refractivity contribution >= 4 is 5.82 Å². The second-order valence-electron chi connectivity index (χ2n) is 8.94. The smallest absolute Gasteiger partial charge is 0.166 e. The highest BCUT2D eigenvalue weighted by atomic mass is 16.5. The number of nitrogens with zero attached hydrogens (tertiary/aromatic N) is 4. The molecule has 1 aromatic carbocycles. The lowest BCUT2D eigenvalue weighted by Gasteiger charge is -2.28. The molecule has 0 unspecified atom stereocenters. The molecule has 0 radical (unpaired) electrons. The van der Waals surface area contributed by atoms with Crippen molar-refractivity contribution in [2.45, 2.75) is 44.9 Å². The van der Waals surface area contributed by atoms with Crippen LogP contribution in [0.4, 0.5) is 5.82 Å². The van der Waals surface area contributed by atoms with Gasteiger partial charge in [-0.25, -0.2) is 4.98 Å². The molecule has 3 N–H and O–H groups in total. The Kier molecular flexibility index (Phi) is 5.93. The quantitative estimate of drug-likeness (QED) is 0.582. The number of benzene rings is 1. The largest absolute Gasteiger partial charge is 0.485 e. The highest BCUT2D eigenvalue weighted by molar-refractivity contribution is 5.65. The topological polar surface area (TPSA) is 89.4 Å². The zero-order valence-corrected chi connectivity index (χ0v) is 19.2. The van der Waals surface area contributed by atoms with Crippen LogP contribution in [0, 0.1) is 11.8 Å². The summed E-state index contributed by atoms with van der Waals surface area (Å²) in [5.41, 5.74) is 7.35. The van der Waals surface area contributed by atoms with Crippen LogP contribution in [0.3, 0.4) is 0 Å². The monoisotopic (exact) mass is 447 g/mol. The lowest BCUT2D eigenvalue weighted by molar-refractivity contribution is 0.143. The zero-order valence-electron chi connectivity index (χ0n) is 21.2. The fourth-order valence-electron chi connectivity index (χ4n) is 3.64. The first-order valence-corrected chi connectivity index (χ1v) is 11.0. The lowest BCUT2D eigenvalue weighted by Crippen LogP contribution is -2.31. The molecule has 7 heteroatoms. The van der Waals surface area contributed by atoms with Crippen LogP contribution in [0.5, 0.6) is 5.75 Å². The minimum atomic E-state index is -2.18. The Bertz CT molecular complexity index is 1250. The first-order valence-electron chi connectivity index (χ1n) is 12.0. The van der Waals surface area contributed by atoms with E-state index in [-0.39, 0.29) is 17.1 Å². The number of pyridine rings is 1. The van der Waals surface area contributed by atoms with Gasteiger partial charge in [-0.15, -0.1) is 0 Å². The molecule has 1 saturated heterocycles. The van der Waals surface area contributed by atoms with Gasteiger partial charge in [0.05, 0.1) is 15.0 Å². The molecule has 33 heavy (non-hydrogen) atoms. The van der Waals surface area contributed by atoms with Crippen molar-refractivity contribution in [2.24, 2.45) is 0 Å². The molecular weight excluding hydrogens is 414 g/mol. The summed E-state index contributed by atoms with van der Waals surface area (Å²) in [6, 6.07) is 8.70. The van der Waals surface area contributed by atoms with Crippen molar-refractivity contribution in [3.63, 3.8) is 0 Å². The number of nitrogens with two attached hydrogens (primary N) is 1. The maximum absolute atomic E-state index is 9.84. The maximum atomic E-state index is 9.84. The van der Waals surface area contributed by atoms with Gasteiger partial charge in [-0.05, 0) is 70.6 Å². The summed E-state index contributed by atoms with van der Waals surface area (Å²) in [5, 5.41) is 14.4. The van der Waals surface area contributed by atoms with Gasteiger partial charge >= 0.3 is 0 Å². The summed E-state index contributed by atoms with van der Waals surface area (Å²) < 4.78 is 24.8. The van der Waals surface area contributed by atoms with Gasteiger partial charge in [0.1, 0.15) is 12.2 Å². The van der Waals surface area contributed by atoms with Gasteiger partial charge in [0.25, 0.3) is 0 Å². The molecule has 3 aromatic rings. The molecule has 0 aliphatic carbocycles. The van der Waals surface area contributed by atoms with Crippen LogP contribution < -0.4 is 10.5 Å². The Morgan fingerprint density at radius 1 is 1.24 bits per heavy atom.